The molecule has 0 aliphatic heterocycles. The molecule has 0 saturated carbocycles. The Kier molecular flexibility index (Phi) is 4.46. The molecule has 0 amide bonds. The molecule has 1 N–H and O–H groups in total. The largest absolute Gasteiger partial charge is 0.496 e. The van der Waals surface area contributed by atoms with Gasteiger partial charge in [0, 0.05) is 24.8 Å². The molecule has 0 bridgehead atoms. The number of methoxy groups -OCH3 is 1. The molecule has 1 heterocycles. The molecule has 6 heteroatoms. The van der Waals surface area contributed by atoms with E-state index in [1.54, 1.807) is 13.2 Å². The summed E-state index contributed by atoms with van der Waals surface area (Å²) in [5.74, 6) is 0.799. The third kappa shape index (κ3) is 3.51. The van der Waals surface area contributed by atoms with Crippen molar-refractivity contribution in [2.45, 2.75) is 19.6 Å². The molecule has 19 heavy (non-hydrogen) atoms. The third-order valence-electron chi connectivity index (χ3n) is 2.68. The molecule has 1 aromatic heterocycles. The number of alkyl halides is 2. The van der Waals surface area contributed by atoms with Gasteiger partial charge in [0.1, 0.15) is 5.75 Å². The number of halogens is 2. The zero-order valence-corrected chi connectivity index (χ0v) is 10.5. The van der Waals surface area contributed by atoms with Crippen molar-refractivity contribution >= 4 is 0 Å². The van der Waals surface area contributed by atoms with Gasteiger partial charge in [0.15, 0.2) is 0 Å². The van der Waals surface area contributed by atoms with Crippen LogP contribution < -0.4 is 10.1 Å². The fraction of sp³-hybridized carbons (Fsp3) is 0.308. The molecule has 2 rings (SSSR count). The topological polar surface area (TPSA) is 39.1 Å². The summed E-state index contributed by atoms with van der Waals surface area (Å²) >= 11 is 0. The average molecular weight is 267 g/mol. The molecule has 0 aliphatic rings. The van der Waals surface area contributed by atoms with Crippen LogP contribution in [0.25, 0.3) is 0 Å². The quantitative estimate of drug-likeness (QED) is 0.874. The Labute approximate surface area is 110 Å². The minimum absolute atomic E-state index is 0.428. The Hall–Kier alpha value is -1.95. The first kappa shape index (κ1) is 13.5. The highest BCUT2D eigenvalue weighted by molar-refractivity contribution is 5.32. The van der Waals surface area contributed by atoms with Crippen LogP contribution >= 0.6 is 0 Å². The number of para-hydroxylation sites is 1. The zero-order chi connectivity index (χ0) is 13.7. The minimum Gasteiger partial charge on any atom is -0.496 e. The number of hydrogen-bond donors (Lipinski definition) is 1. The summed E-state index contributed by atoms with van der Waals surface area (Å²) in [7, 11) is 1.61. The summed E-state index contributed by atoms with van der Waals surface area (Å²) in [6.45, 7) is -1.58. The maximum atomic E-state index is 12.3. The van der Waals surface area contributed by atoms with E-state index in [9.17, 15) is 8.78 Å². The highest BCUT2D eigenvalue weighted by Gasteiger charge is 2.07. The third-order valence-corrected chi connectivity index (χ3v) is 2.68. The van der Waals surface area contributed by atoms with Crippen LogP contribution in [0.2, 0.25) is 0 Å². The van der Waals surface area contributed by atoms with Gasteiger partial charge < -0.3 is 10.1 Å². The van der Waals surface area contributed by atoms with Crippen LogP contribution in [0.15, 0.2) is 36.5 Å². The van der Waals surface area contributed by atoms with Crippen molar-refractivity contribution in [2.75, 3.05) is 7.11 Å². The maximum absolute atomic E-state index is 12.3. The van der Waals surface area contributed by atoms with Crippen LogP contribution in [0.3, 0.4) is 0 Å². The second-order valence-corrected chi connectivity index (χ2v) is 3.98. The molecule has 0 radical (unpaired) electrons. The zero-order valence-electron chi connectivity index (χ0n) is 10.5. The van der Waals surface area contributed by atoms with E-state index in [2.05, 4.69) is 10.4 Å². The Morgan fingerprint density at radius 1 is 1.26 bits per heavy atom. The monoisotopic (exact) mass is 267 g/mol. The van der Waals surface area contributed by atoms with Crippen LogP contribution in [0.5, 0.6) is 5.75 Å². The van der Waals surface area contributed by atoms with E-state index in [0.717, 1.165) is 11.3 Å². The van der Waals surface area contributed by atoms with Crippen molar-refractivity contribution in [1.29, 1.82) is 0 Å². The fourth-order valence-electron chi connectivity index (χ4n) is 1.75. The van der Waals surface area contributed by atoms with E-state index in [0.29, 0.717) is 23.5 Å². The minimum atomic E-state index is -2.59. The van der Waals surface area contributed by atoms with Gasteiger partial charge in [-0.05, 0) is 12.1 Å². The van der Waals surface area contributed by atoms with Crippen LogP contribution in [-0.4, -0.2) is 16.9 Å². The first-order valence-corrected chi connectivity index (χ1v) is 5.85. The number of ether oxygens (including phenoxy) is 1. The van der Waals surface area contributed by atoms with Crippen molar-refractivity contribution in [3.63, 3.8) is 0 Å². The van der Waals surface area contributed by atoms with Gasteiger partial charge in [-0.15, -0.1) is 0 Å². The number of benzene rings is 1. The van der Waals surface area contributed by atoms with E-state index in [1.807, 2.05) is 24.3 Å². The lowest BCUT2D eigenvalue weighted by Gasteiger charge is -2.08. The van der Waals surface area contributed by atoms with Crippen molar-refractivity contribution < 1.29 is 13.5 Å². The van der Waals surface area contributed by atoms with E-state index in [1.165, 1.54) is 6.20 Å². The molecular formula is C13H15F2N3O. The second-order valence-electron chi connectivity index (χ2n) is 3.98. The summed E-state index contributed by atoms with van der Waals surface area (Å²) in [4.78, 5) is 0. The standard InChI is InChI=1S/C13H15F2N3O/c1-19-12-5-3-2-4-10(12)8-16-9-11-6-7-18(17-11)13(14)15/h2-7,13,16H,8-9H2,1H3. The van der Waals surface area contributed by atoms with Crippen molar-refractivity contribution in [1.82, 2.24) is 15.1 Å². The predicted octanol–water partition coefficient (Wildman–Crippen LogP) is 2.58. The molecule has 0 aliphatic carbocycles. The van der Waals surface area contributed by atoms with Gasteiger partial charge in [0.2, 0.25) is 0 Å². The maximum Gasteiger partial charge on any atom is 0.333 e. The second kappa shape index (κ2) is 6.29. The number of nitrogens with zero attached hydrogens (tertiary/aromatic N) is 2. The lowest BCUT2D eigenvalue weighted by molar-refractivity contribution is 0.0561. The highest BCUT2D eigenvalue weighted by Crippen LogP contribution is 2.16. The van der Waals surface area contributed by atoms with Crippen LogP contribution in [0.4, 0.5) is 8.78 Å². The molecule has 0 spiro atoms. The number of rotatable bonds is 6. The van der Waals surface area contributed by atoms with Crippen LogP contribution in [0.1, 0.15) is 17.8 Å². The molecular weight excluding hydrogens is 252 g/mol. The van der Waals surface area contributed by atoms with Gasteiger partial charge in [-0.1, -0.05) is 18.2 Å². The molecule has 0 unspecified atom stereocenters. The predicted molar refractivity (Wildman–Crippen MR) is 67.0 cm³/mol. The molecule has 4 nitrogen and oxygen atoms in total. The number of nitrogens with one attached hydrogen (secondary N) is 1. The van der Waals surface area contributed by atoms with Gasteiger partial charge >= 0.3 is 6.55 Å². The summed E-state index contributed by atoms with van der Waals surface area (Å²) in [5, 5.41) is 6.90. The lowest BCUT2D eigenvalue weighted by atomic mass is 10.2. The first-order valence-electron chi connectivity index (χ1n) is 5.85. The molecule has 1 aromatic carbocycles. The van der Waals surface area contributed by atoms with E-state index < -0.39 is 6.55 Å². The summed E-state index contributed by atoms with van der Waals surface area (Å²) in [6.07, 6.45) is 1.27. The normalized spacial score (nSPS) is 10.9. The summed E-state index contributed by atoms with van der Waals surface area (Å²) in [6, 6.07) is 9.21. The average Bonchev–Trinajstić information content (AvgIpc) is 2.88. The van der Waals surface area contributed by atoms with Gasteiger partial charge in [-0.3, -0.25) is 0 Å². The summed E-state index contributed by atoms with van der Waals surface area (Å²) in [5.41, 5.74) is 1.59. The number of hydrogen-bond acceptors (Lipinski definition) is 3. The Balaban J connectivity index is 1.89. The number of aromatic nitrogens is 2. The molecule has 0 atom stereocenters. The van der Waals surface area contributed by atoms with E-state index in [-0.39, 0.29) is 0 Å². The Morgan fingerprint density at radius 2 is 2.05 bits per heavy atom. The Bertz CT molecular complexity index is 528. The molecule has 2 aromatic rings. The Morgan fingerprint density at radius 3 is 2.74 bits per heavy atom. The smallest absolute Gasteiger partial charge is 0.333 e. The molecule has 102 valence electrons. The van der Waals surface area contributed by atoms with Crippen LogP contribution in [0, 0.1) is 0 Å². The molecule has 0 fully saturated rings. The van der Waals surface area contributed by atoms with Gasteiger partial charge in [-0.2, -0.15) is 13.9 Å². The van der Waals surface area contributed by atoms with Gasteiger partial charge in [0.25, 0.3) is 0 Å². The van der Waals surface area contributed by atoms with Gasteiger partial charge in [-0.25, -0.2) is 4.68 Å². The summed E-state index contributed by atoms with van der Waals surface area (Å²) < 4.78 is 30.5. The van der Waals surface area contributed by atoms with Crippen molar-refractivity contribution in [3.8, 4) is 5.75 Å². The van der Waals surface area contributed by atoms with Crippen LogP contribution in [-0.2, 0) is 13.1 Å². The fourth-order valence-corrected chi connectivity index (χ4v) is 1.75. The van der Waals surface area contributed by atoms with Crippen molar-refractivity contribution in [2.24, 2.45) is 0 Å². The van der Waals surface area contributed by atoms with E-state index >= 15 is 0 Å². The van der Waals surface area contributed by atoms with E-state index in [4.69, 9.17) is 4.74 Å². The molecule has 0 saturated heterocycles. The lowest BCUT2D eigenvalue weighted by Crippen LogP contribution is -2.14. The van der Waals surface area contributed by atoms with Crippen molar-refractivity contribution in [3.05, 3.63) is 47.8 Å². The SMILES string of the molecule is COc1ccccc1CNCc1ccn(C(F)F)n1. The van der Waals surface area contributed by atoms with Gasteiger partial charge in [0.05, 0.1) is 12.8 Å². The first-order chi connectivity index (χ1) is 9.20. The highest BCUT2D eigenvalue weighted by atomic mass is 19.3.